The van der Waals surface area contributed by atoms with E-state index < -0.39 is 0 Å². The van der Waals surface area contributed by atoms with Gasteiger partial charge in [-0.05, 0) is 37.3 Å². The highest BCUT2D eigenvalue weighted by Gasteiger charge is 2.36. The van der Waals surface area contributed by atoms with Gasteiger partial charge in [-0.1, -0.05) is 37.6 Å². The molecular weight excluding hydrogens is 388 g/mol. The lowest BCUT2D eigenvalue weighted by atomic mass is 9.91. The zero-order valence-corrected chi connectivity index (χ0v) is 18.6. The number of quaternary nitrogens is 2. The quantitative estimate of drug-likeness (QED) is 0.623. The number of nitrogens with one attached hydrogen (secondary N) is 3. The molecule has 0 radical (unpaired) electrons. The Kier molecular flexibility index (Phi) is 7.55. The van der Waals surface area contributed by atoms with Crippen LogP contribution in [0.3, 0.4) is 0 Å². The molecule has 1 aromatic rings. The van der Waals surface area contributed by atoms with Gasteiger partial charge in [-0.3, -0.25) is 9.59 Å². The number of amides is 2. The molecule has 2 fully saturated rings. The van der Waals surface area contributed by atoms with Crippen molar-refractivity contribution in [2.45, 2.75) is 33.2 Å². The maximum atomic E-state index is 13.0. The van der Waals surface area contributed by atoms with Crippen molar-refractivity contribution < 1.29 is 19.4 Å². The second-order valence-electron chi connectivity index (χ2n) is 9.02. The van der Waals surface area contributed by atoms with Gasteiger partial charge in [0, 0.05) is 13.1 Å². The first-order valence-electron chi connectivity index (χ1n) is 10.8. The molecule has 3 N–H and O–H groups in total. The average molecular weight is 423 g/mol. The minimum absolute atomic E-state index is 0.00833. The molecule has 2 aliphatic rings. The van der Waals surface area contributed by atoms with Crippen molar-refractivity contribution in [3.63, 3.8) is 0 Å². The molecule has 2 amide bonds. The lowest BCUT2D eigenvalue weighted by Crippen LogP contribution is -3.30. The Morgan fingerprint density at radius 2 is 1.76 bits per heavy atom. The maximum absolute atomic E-state index is 13.0. The highest BCUT2D eigenvalue weighted by Crippen LogP contribution is 2.21. The summed E-state index contributed by atoms with van der Waals surface area (Å²) in [5.41, 5.74) is 0.659. The average Bonchev–Trinajstić information content (AvgIpc) is 2.68. The van der Waals surface area contributed by atoms with Crippen LogP contribution in [0.5, 0.6) is 0 Å². The topological polar surface area (TPSA) is 58.3 Å². The van der Waals surface area contributed by atoms with Crippen molar-refractivity contribution >= 4 is 29.1 Å². The summed E-state index contributed by atoms with van der Waals surface area (Å²) in [6.07, 6.45) is 1.21. The van der Waals surface area contributed by atoms with Gasteiger partial charge in [0.1, 0.15) is 26.2 Å². The predicted octanol–water partition coefficient (Wildman–Crippen LogP) is -0.0451. The van der Waals surface area contributed by atoms with E-state index in [-0.39, 0.29) is 11.9 Å². The van der Waals surface area contributed by atoms with Gasteiger partial charge >= 0.3 is 0 Å². The fourth-order valence-electron chi connectivity index (χ4n) is 4.81. The molecule has 7 heteroatoms. The van der Waals surface area contributed by atoms with Crippen LogP contribution in [0.4, 0.5) is 5.69 Å². The van der Waals surface area contributed by atoms with Crippen molar-refractivity contribution in [1.82, 2.24) is 4.90 Å². The van der Waals surface area contributed by atoms with Crippen molar-refractivity contribution in [2.75, 3.05) is 51.1 Å². The highest BCUT2D eigenvalue weighted by molar-refractivity contribution is 6.33. The number of carbonyl (C=O) groups excluding carboxylic acids is 2. The number of para-hydroxylation sites is 1. The Hall–Kier alpha value is -1.63. The van der Waals surface area contributed by atoms with Gasteiger partial charge < -0.3 is 20.0 Å². The molecule has 0 spiro atoms. The SMILES string of the molecule is C[C@H]1C[C@H](C)CN(C(=O)[C@@H](C)[NH+]2CC[NH+](CC(=O)Nc3ccccc3Cl)CC2)C1. The fraction of sp³-hybridized carbons (Fsp3) is 0.636. The summed E-state index contributed by atoms with van der Waals surface area (Å²) in [5, 5.41) is 3.46. The number of hydrogen-bond acceptors (Lipinski definition) is 2. The summed E-state index contributed by atoms with van der Waals surface area (Å²) < 4.78 is 0. The zero-order valence-electron chi connectivity index (χ0n) is 17.8. The summed E-state index contributed by atoms with van der Waals surface area (Å²) in [6, 6.07) is 7.28. The molecule has 160 valence electrons. The smallest absolute Gasteiger partial charge is 0.280 e. The Balaban J connectivity index is 1.45. The van der Waals surface area contributed by atoms with E-state index in [4.69, 9.17) is 11.6 Å². The van der Waals surface area contributed by atoms with Gasteiger partial charge in [0.25, 0.3) is 11.8 Å². The summed E-state index contributed by atoms with van der Waals surface area (Å²) in [5.74, 6) is 1.45. The van der Waals surface area contributed by atoms with Crippen molar-refractivity contribution in [3.05, 3.63) is 29.3 Å². The van der Waals surface area contributed by atoms with Crippen molar-refractivity contribution in [2.24, 2.45) is 11.8 Å². The van der Waals surface area contributed by atoms with Crippen LogP contribution in [0.15, 0.2) is 24.3 Å². The van der Waals surface area contributed by atoms with Crippen LogP contribution < -0.4 is 15.1 Å². The molecule has 1 aromatic carbocycles. The molecule has 0 saturated carbocycles. The Morgan fingerprint density at radius 3 is 2.38 bits per heavy atom. The summed E-state index contributed by atoms with van der Waals surface area (Å²) >= 11 is 6.12. The molecule has 2 saturated heterocycles. The lowest BCUT2D eigenvalue weighted by molar-refractivity contribution is -1.01. The molecule has 0 aliphatic carbocycles. The van der Waals surface area contributed by atoms with E-state index in [9.17, 15) is 9.59 Å². The van der Waals surface area contributed by atoms with Crippen molar-refractivity contribution in [1.29, 1.82) is 0 Å². The second-order valence-corrected chi connectivity index (χ2v) is 9.43. The molecule has 0 unspecified atom stereocenters. The van der Waals surface area contributed by atoms with Crippen LogP contribution >= 0.6 is 11.6 Å². The van der Waals surface area contributed by atoms with Gasteiger partial charge in [-0.15, -0.1) is 0 Å². The number of nitrogens with zero attached hydrogens (tertiary/aromatic N) is 1. The van der Waals surface area contributed by atoms with E-state index in [1.54, 1.807) is 6.07 Å². The molecular formula is C22H35ClN4O2+2. The highest BCUT2D eigenvalue weighted by atomic mass is 35.5. The number of halogens is 1. The molecule has 29 heavy (non-hydrogen) atoms. The summed E-state index contributed by atoms with van der Waals surface area (Å²) in [6.45, 7) is 12.4. The second kappa shape index (κ2) is 9.92. The minimum Gasteiger partial charge on any atom is -0.337 e. The monoisotopic (exact) mass is 422 g/mol. The number of rotatable bonds is 5. The van der Waals surface area contributed by atoms with Gasteiger partial charge in [0.15, 0.2) is 12.6 Å². The number of hydrogen-bond donors (Lipinski definition) is 3. The van der Waals surface area contributed by atoms with Crippen molar-refractivity contribution in [3.8, 4) is 0 Å². The normalized spacial score (nSPS) is 28.6. The summed E-state index contributed by atoms with van der Waals surface area (Å²) in [4.78, 5) is 30.1. The Labute approximate surface area is 179 Å². The standard InChI is InChI=1S/C22H33ClN4O2/c1-16-12-17(2)14-27(13-16)22(29)18(3)26-10-8-25(9-11-26)15-21(28)24-20-7-5-4-6-19(20)23/h4-7,16-18H,8-15H2,1-3H3,(H,24,28)/p+2/t16-,17-,18+/m0/s1. The van der Waals surface area contributed by atoms with E-state index in [1.165, 1.54) is 16.2 Å². The van der Waals surface area contributed by atoms with Gasteiger partial charge in [0.2, 0.25) is 0 Å². The molecule has 0 bridgehead atoms. The van der Waals surface area contributed by atoms with E-state index in [1.807, 2.05) is 18.2 Å². The third-order valence-electron chi connectivity index (χ3n) is 6.32. The van der Waals surface area contributed by atoms with Crippen LogP contribution in [-0.4, -0.2) is 68.6 Å². The number of anilines is 1. The van der Waals surface area contributed by atoms with Crippen LogP contribution in [0.1, 0.15) is 27.2 Å². The van der Waals surface area contributed by atoms with E-state index in [0.29, 0.717) is 35.0 Å². The first-order valence-corrected chi connectivity index (χ1v) is 11.2. The molecule has 2 heterocycles. The summed E-state index contributed by atoms with van der Waals surface area (Å²) in [7, 11) is 0. The number of piperazine rings is 1. The molecule has 6 nitrogen and oxygen atoms in total. The molecule has 2 aliphatic heterocycles. The predicted molar refractivity (Wildman–Crippen MR) is 115 cm³/mol. The third kappa shape index (κ3) is 5.93. The van der Waals surface area contributed by atoms with E-state index >= 15 is 0 Å². The number of carbonyl (C=O) groups is 2. The number of benzene rings is 1. The van der Waals surface area contributed by atoms with Crippen LogP contribution in [-0.2, 0) is 9.59 Å². The van der Waals surface area contributed by atoms with Crippen LogP contribution in [0, 0.1) is 11.8 Å². The lowest BCUT2D eigenvalue weighted by Gasteiger charge is -2.38. The maximum Gasteiger partial charge on any atom is 0.280 e. The zero-order chi connectivity index (χ0) is 21.0. The first-order chi connectivity index (χ1) is 13.8. The molecule has 3 atom stereocenters. The third-order valence-corrected chi connectivity index (χ3v) is 6.65. The molecule has 3 rings (SSSR count). The van der Waals surface area contributed by atoms with E-state index in [0.717, 1.165) is 39.3 Å². The number of likely N-dealkylation sites (tertiary alicyclic amines) is 1. The van der Waals surface area contributed by atoms with Gasteiger partial charge in [-0.2, -0.15) is 0 Å². The largest absolute Gasteiger partial charge is 0.337 e. The van der Waals surface area contributed by atoms with Gasteiger partial charge in [-0.25, -0.2) is 0 Å². The first kappa shape index (κ1) is 22.1. The van der Waals surface area contributed by atoms with Crippen LogP contribution in [0.25, 0.3) is 0 Å². The van der Waals surface area contributed by atoms with Gasteiger partial charge in [0.05, 0.1) is 10.7 Å². The fourth-order valence-corrected chi connectivity index (χ4v) is 4.99. The Morgan fingerprint density at radius 1 is 1.14 bits per heavy atom. The van der Waals surface area contributed by atoms with Crippen LogP contribution in [0.2, 0.25) is 5.02 Å². The minimum atomic E-state index is -0.0167. The number of piperidine rings is 1. The van der Waals surface area contributed by atoms with E-state index in [2.05, 4.69) is 31.0 Å². The molecule has 0 aromatic heterocycles. The Bertz CT molecular complexity index is 711.